The van der Waals surface area contributed by atoms with Gasteiger partial charge in [0, 0.05) is 5.69 Å². The first-order chi connectivity index (χ1) is 9.44. The van der Waals surface area contributed by atoms with Crippen LogP contribution in [0.1, 0.15) is 31.2 Å². The standard InChI is InChI=1S/C14H18N2O3S/c1-3-11-6-7-12(15)9-14(11)20(17,18)16-10(2)13-5-4-8-19-13/h4-10,16H,3,15H2,1-2H3. The summed E-state index contributed by atoms with van der Waals surface area (Å²) >= 11 is 0. The molecule has 1 unspecified atom stereocenters. The van der Waals surface area contributed by atoms with E-state index in [4.69, 9.17) is 10.2 Å². The smallest absolute Gasteiger partial charge is 0.241 e. The van der Waals surface area contributed by atoms with Crippen molar-refractivity contribution in [3.63, 3.8) is 0 Å². The number of benzene rings is 1. The monoisotopic (exact) mass is 294 g/mol. The van der Waals surface area contributed by atoms with Crippen molar-refractivity contribution in [2.45, 2.75) is 31.2 Å². The van der Waals surface area contributed by atoms with E-state index in [0.717, 1.165) is 5.56 Å². The van der Waals surface area contributed by atoms with E-state index in [1.807, 2.05) is 6.92 Å². The molecule has 0 bridgehead atoms. The van der Waals surface area contributed by atoms with Crippen LogP contribution in [-0.4, -0.2) is 8.42 Å². The summed E-state index contributed by atoms with van der Waals surface area (Å²) in [6.45, 7) is 3.63. The van der Waals surface area contributed by atoms with Crippen LogP contribution in [0, 0.1) is 0 Å². The van der Waals surface area contributed by atoms with Gasteiger partial charge >= 0.3 is 0 Å². The number of sulfonamides is 1. The van der Waals surface area contributed by atoms with E-state index in [-0.39, 0.29) is 4.90 Å². The van der Waals surface area contributed by atoms with Crippen molar-refractivity contribution in [1.82, 2.24) is 4.72 Å². The van der Waals surface area contributed by atoms with Gasteiger partial charge in [-0.05, 0) is 43.2 Å². The van der Waals surface area contributed by atoms with Gasteiger partial charge in [-0.25, -0.2) is 13.1 Å². The molecule has 0 radical (unpaired) electrons. The van der Waals surface area contributed by atoms with E-state index in [9.17, 15) is 8.42 Å². The first-order valence-corrected chi connectivity index (χ1v) is 7.86. The van der Waals surface area contributed by atoms with E-state index >= 15 is 0 Å². The second-order valence-electron chi connectivity index (χ2n) is 4.58. The van der Waals surface area contributed by atoms with Gasteiger partial charge in [0.05, 0.1) is 17.2 Å². The molecule has 5 nitrogen and oxygen atoms in total. The van der Waals surface area contributed by atoms with Crippen LogP contribution in [0.5, 0.6) is 0 Å². The summed E-state index contributed by atoms with van der Waals surface area (Å²) in [5.74, 6) is 0.565. The van der Waals surface area contributed by atoms with Crippen LogP contribution in [0.15, 0.2) is 45.9 Å². The fraction of sp³-hybridized carbons (Fsp3) is 0.286. The third-order valence-electron chi connectivity index (χ3n) is 3.06. The van der Waals surface area contributed by atoms with Gasteiger partial charge < -0.3 is 10.2 Å². The van der Waals surface area contributed by atoms with Crippen LogP contribution in [0.2, 0.25) is 0 Å². The third-order valence-corrected chi connectivity index (χ3v) is 4.69. The average Bonchev–Trinajstić information content (AvgIpc) is 2.92. The van der Waals surface area contributed by atoms with Crippen LogP contribution >= 0.6 is 0 Å². The van der Waals surface area contributed by atoms with Gasteiger partial charge in [-0.15, -0.1) is 0 Å². The number of nitrogens with one attached hydrogen (secondary N) is 1. The largest absolute Gasteiger partial charge is 0.468 e. The van der Waals surface area contributed by atoms with Gasteiger partial charge in [0.25, 0.3) is 0 Å². The molecule has 0 spiro atoms. The summed E-state index contributed by atoms with van der Waals surface area (Å²) in [6, 6.07) is 7.93. The number of aryl methyl sites for hydroxylation is 1. The van der Waals surface area contributed by atoms with E-state index in [0.29, 0.717) is 17.9 Å². The Morgan fingerprint density at radius 2 is 2.10 bits per heavy atom. The summed E-state index contributed by atoms with van der Waals surface area (Å²) in [6.07, 6.45) is 2.13. The van der Waals surface area contributed by atoms with Gasteiger partial charge in [0.1, 0.15) is 5.76 Å². The lowest BCUT2D eigenvalue weighted by Gasteiger charge is -2.15. The van der Waals surface area contributed by atoms with E-state index in [2.05, 4.69) is 4.72 Å². The van der Waals surface area contributed by atoms with Crippen molar-refractivity contribution in [3.05, 3.63) is 47.9 Å². The molecule has 0 saturated carbocycles. The maximum atomic E-state index is 12.5. The number of nitrogens with two attached hydrogens (primary N) is 1. The van der Waals surface area contributed by atoms with Gasteiger partial charge in [-0.1, -0.05) is 13.0 Å². The van der Waals surface area contributed by atoms with Crippen molar-refractivity contribution >= 4 is 15.7 Å². The first-order valence-electron chi connectivity index (χ1n) is 6.38. The lowest BCUT2D eigenvalue weighted by Crippen LogP contribution is -2.27. The fourth-order valence-corrected chi connectivity index (χ4v) is 3.56. The van der Waals surface area contributed by atoms with E-state index in [1.54, 1.807) is 31.2 Å². The quantitative estimate of drug-likeness (QED) is 0.829. The van der Waals surface area contributed by atoms with E-state index in [1.165, 1.54) is 12.3 Å². The summed E-state index contributed by atoms with van der Waals surface area (Å²) < 4.78 is 32.7. The van der Waals surface area contributed by atoms with Crippen molar-refractivity contribution in [1.29, 1.82) is 0 Å². The predicted molar refractivity (Wildman–Crippen MR) is 77.7 cm³/mol. The highest BCUT2D eigenvalue weighted by molar-refractivity contribution is 7.89. The molecular weight excluding hydrogens is 276 g/mol. The Labute approximate surface area is 118 Å². The molecule has 1 aromatic heterocycles. The van der Waals surface area contributed by atoms with Crippen LogP contribution in [0.4, 0.5) is 5.69 Å². The summed E-state index contributed by atoms with van der Waals surface area (Å²) in [5.41, 5.74) is 6.85. The Bertz CT molecular complexity index is 678. The molecule has 0 fully saturated rings. The molecule has 108 valence electrons. The predicted octanol–water partition coefficient (Wildman–Crippen LogP) is 2.46. The molecule has 0 aliphatic rings. The molecule has 1 aromatic carbocycles. The van der Waals surface area contributed by atoms with Gasteiger partial charge in [-0.2, -0.15) is 0 Å². The van der Waals surface area contributed by atoms with Gasteiger partial charge in [-0.3, -0.25) is 0 Å². The van der Waals surface area contributed by atoms with Crippen molar-refractivity contribution in [2.24, 2.45) is 0 Å². The summed E-state index contributed by atoms with van der Waals surface area (Å²) in [5, 5.41) is 0. The minimum atomic E-state index is -3.64. The number of nitrogen functional groups attached to an aromatic ring is 1. The van der Waals surface area contributed by atoms with Crippen LogP contribution < -0.4 is 10.5 Å². The molecule has 1 atom stereocenters. The number of furan rings is 1. The third kappa shape index (κ3) is 3.02. The molecular formula is C14H18N2O3S. The minimum Gasteiger partial charge on any atom is -0.468 e. The fourth-order valence-electron chi connectivity index (χ4n) is 2.01. The molecule has 0 amide bonds. The van der Waals surface area contributed by atoms with Crippen molar-refractivity contribution in [3.8, 4) is 0 Å². The highest BCUT2D eigenvalue weighted by Gasteiger charge is 2.22. The second-order valence-corrected chi connectivity index (χ2v) is 6.26. The molecule has 2 rings (SSSR count). The molecule has 3 N–H and O–H groups in total. The number of hydrogen-bond acceptors (Lipinski definition) is 4. The van der Waals surface area contributed by atoms with Gasteiger partial charge in [0.2, 0.25) is 10.0 Å². The minimum absolute atomic E-state index is 0.221. The maximum Gasteiger partial charge on any atom is 0.241 e. The SMILES string of the molecule is CCc1ccc(N)cc1S(=O)(=O)NC(C)c1ccco1. The van der Waals surface area contributed by atoms with Crippen molar-refractivity contribution in [2.75, 3.05) is 5.73 Å². The highest BCUT2D eigenvalue weighted by atomic mass is 32.2. The van der Waals surface area contributed by atoms with Crippen LogP contribution in [0.25, 0.3) is 0 Å². The zero-order valence-electron chi connectivity index (χ0n) is 11.5. The average molecular weight is 294 g/mol. The highest BCUT2D eigenvalue weighted by Crippen LogP contribution is 2.22. The summed E-state index contributed by atoms with van der Waals surface area (Å²) in [4.78, 5) is 0.221. The first kappa shape index (κ1) is 14.6. The lowest BCUT2D eigenvalue weighted by atomic mass is 10.1. The van der Waals surface area contributed by atoms with Gasteiger partial charge in [0.15, 0.2) is 0 Å². The topological polar surface area (TPSA) is 85.3 Å². The Morgan fingerprint density at radius 3 is 2.70 bits per heavy atom. The number of hydrogen-bond donors (Lipinski definition) is 2. The zero-order valence-corrected chi connectivity index (χ0v) is 12.3. The van der Waals surface area contributed by atoms with Crippen LogP contribution in [0.3, 0.4) is 0 Å². The molecule has 0 saturated heterocycles. The number of rotatable bonds is 5. The maximum absolute atomic E-state index is 12.5. The van der Waals surface area contributed by atoms with Crippen molar-refractivity contribution < 1.29 is 12.8 Å². The Balaban J connectivity index is 2.33. The Hall–Kier alpha value is -1.79. The van der Waals surface area contributed by atoms with E-state index < -0.39 is 16.1 Å². The molecule has 0 aliphatic carbocycles. The molecule has 6 heteroatoms. The summed E-state index contributed by atoms with van der Waals surface area (Å²) in [7, 11) is -3.64. The zero-order chi connectivity index (χ0) is 14.8. The molecule has 1 heterocycles. The second kappa shape index (κ2) is 5.68. The number of anilines is 1. The Morgan fingerprint density at radius 1 is 1.35 bits per heavy atom. The molecule has 20 heavy (non-hydrogen) atoms. The molecule has 0 aliphatic heterocycles. The lowest BCUT2D eigenvalue weighted by molar-refractivity contribution is 0.459. The Kier molecular flexibility index (Phi) is 4.15. The normalized spacial score (nSPS) is 13.3. The van der Waals surface area contributed by atoms with Crippen LogP contribution in [-0.2, 0) is 16.4 Å². The molecule has 2 aromatic rings.